The molecule has 0 aliphatic heterocycles. The Morgan fingerprint density at radius 2 is 1.62 bits per heavy atom. The molecule has 2 aromatic carbocycles. The van der Waals surface area contributed by atoms with E-state index in [1.165, 1.54) is 18.2 Å². The predicted octanol–water partition coefficient (Wildman–Crippen LogP) is 1.47. The van der Waals surface area contributed by atoms with E-state index in [9.17, 15) is 25.2 Å². The van der Waals surface area contributed by atoms with Crippen LogP contribution < -0.4 is 0 Å². The van der Waals surface area contributed by atoms with Crippen LogP contribution in [0.5, 0.6) is 23.0 Å². The largest absolute Gasteiger partial charge is 0.507 e. The number of rotatable bonds is 1. The van der Waals surface area contributed by atoms with Gasteiger partial charge in [0.1, 0.15) is 5.75 Å². The van der Waals surface area contributed by atoms with Crippen molar-refractivity contribution in [1.29, 1.82) is 0 Å². The molecule has 4 N–H and O–H groups in total. The number of carbonyl (C=O) groups is 1. The van der Waals surface area contributed by atoms with E-state index in [4.69, 9.17) is 0 Å². The second-order valence-electron chi connectivity index (χ2n) is 3.28. The van der Waals surface area contributed by atoms with Gasteiger partial charge in [-0.3, -0.25) is 4.79 Å². The van der Waals surface area contributed by atoms with Crippen molar-refractivity contribution in [3.05, 3.63) is 23.8 Å². The fourth-order valence-electron chi connectivity index (χ4n) is 1.62. The summed E-state index contributed by atoms with van der Waals surface area (Å²) in [5, 5.41) is 38.0. The summed E-state index contributed by atoms with van der Waals surface area (Å²) >= 11 is 0. The molecule has 0 heterocycles. The molecule has 0 saturated carbocycles. The average molecular weight is 220 g/mol. The predicted molar refractivity (Wildman–Crippen MR) is 56.0 cm³/mol. The first-order valence-electron chi connectivity index (χ1n) is 4.41. The Kier molecular flexibility index (Phi) is 2.09. The topological polar surface area (TPSA) is 98.0 Å². The second kappa shape index (κ2) is 3.30. The highest BCUT2D eigenvalue weighted by atomic mass is 16.3. The number of hydrogen-bond donors (Lipinski definition) is 4. The van der Waals surface area contributed by atoms with Gasteiger partial charge in [-0.2, -0.15) is 0 Å². The highest BCUT2D eigenvalue weighted by Crippen LogP contribution is 2.46. The lowest BCUT2D eigenvalue weighted by Gasteiger charge is -2.09. The third-order valence-electron chi connectivity index (χ3n) is 2.39. The average Bonchev–Trinajstić information content (AvgIpc) is 2.27. The molecule has 0 unspecified atom stereocenters. The van der Waals surface area contributed by atoms with Crippen LogP contribution in [0.3, 0.4) is 0 Å². The van der Waals surface area contributed by atoms with Crippen molar-refractivity contribution in [3.63, 3.8) is 0 Å². The molecule has 82 valence electrons. The molecule has 0 aliphatic carbocycles. The number of benzene rings is 2. The molecule has 0 amide bonds. The molecular weight excluding hydrogens is 212 g/mol. The number of fused-ring (bicyclic) bond motifs is 1. The van der Waals surface area contributed by atoms with Crippen molar-refractivity contribution in [3.8, 4) is 23.0 Å². The fraction of sp³-hybridized carbons (Fsp3) is 0. The number of phenolic OH excluding ortho intramolecular Hbond substituents is 4. The molecule has 0 bridgehead atoms. The lowest BCUT2D eigenvalue weighted by atomic mass is 10.0. The van der Waals surface area contributed by atoms with Crippen molar-refractivity contribution in [2.45, 2.75) is 0 Å². The van der Waals surface area contributed by atoms with Gasteiger partial charge in [-0.25, -0.2) is 0 Å². The highest BCUT2D eigenvalue weighted by Gasteiger charge is 2.19. The van der Waals surface area contributed by atoms with Gasteiger partial charge in [0.05, 0.1) is 10.9 Å². The Bertz CT molecular complexity index is 589. The Morgan fingerprint density at radius 3 is 2.25 bits per heavy atom. The number of hydrogen-bond acceptors (Lipinski definition) is 5. The summed E-state index contributed by atoms with van der Waals surface area (Å²) in [7, 11) is 0. The van der Waals surface area contributed by atoms with Gasteiger partial charge in [0.15, 0.2) is 17.8 Å². The first-order valence-corrected chi connectivity index (χ1v) is 4.41. The molecule has 2 aromatic rings. The van der Waals surface area contributed by atoms with E-state index in [0.29, 0.717) is 6.29 Å². The molecule has 0 aromatic heterocycles. The molecule has 0 aliphatic rings. The van der Waals surface area contributed by atoms with Crippen LogP contribution >= 0.6 is 0 Å². The third kappa shape index (κ3) is 1.15. The summed E-state index contributed by atoms with van der Waals surface area (Å²) in [6, 6.07) is 4.20. The standard InChI is InChI=1S/C11H8O5/c12-4-6-5-2-1-3-7(13)8(5)10(15)11(16)9(6)14/h1-4,13-16H. The van der Waals surface area contributed by atoms with Gasteiger partial charge in [-0.1, -0.05) is 12.1 Å². The zero-order chi connectivity index (χ0) is 11.9. The van der Waals surface area contributed by atoms with Crippen LogP contribution in [0, 0.1) is 0 Å². The number of carbonyl (C=O) groups excluding carboxylic acids is 1. The molecule has 0 saturated heterocycles. The molecule has 0 atom stereocenters. The van der Waals surface area contributed by atoms with Crippen LogP contribution in [0.4, 0.5) is 0 Å². The van der Waals surface area contributed by atoms with E-state index < -0.39 is 17.2 Å². The van der Waals surface area contributed by atoms with Crippen LogP contribution in [0.25, 0.3) is 10.8 Å². The minimum absolute atomic E-state index is 0.0695. The number of aldehydes is 1. The summed E-state index contributed by atoms with van der Waals surface area (Å²) in [4.78, 5) is 10.8. The quantitative estimate of drug-likeness (QED) is 0.431. The summed E-state index contributed by atoms with van der Waals surface area (Å²) in [5.74, 6) is -2.47. The van der Waals surface area contributed by atoms with Gasteiger partial charge in [0.25, 0.3) is 0 Å². The Morgan fingerprint density at radius 1 is 0.938 bits per heavy atom. The van der Waals surface area contributed by atoms with Gasteiger partial charge in [0.2, 0.25) is 5.75 Å². The molecule has 5 nitrogen and oxygen atoms in total. The van der Waals surface area contributed by atoms with Gasteiger partial charge in [0, 0.05) is 5.39 Å². The maximum absolute atomic E-state index is 10.8. The maximum Gasteiger partial charge on any atom is 0.201 e. The van der Waals surface area contributed by atoms with Crippen molar-refractivity contribution in [2.75, 3.05) is 0 Å². The van der Waals surface area contributed by atoms with Gasteiger partial charge in [-0.15, -0.1) is 0 Å². The minimum Gasteiger partial charge on any atom is -0.507 e. The van der Waals surface area contributed by atoms with Crippen LogP contribution in [0.15, 0.2) is 18.2 Å². The first-order chi connectivity index (χ1) is 7.57. The minimum atomic E-state index is -0.823. The lowest BCUT2D eigenvalue weighted by molar-refractivity contribution is 0.112. The van der Waals surface area contributed by atoms with E-state index >= 15 is 0 Å². The third-order valence-corrected chi connectivity index (χ3v) is 2.39. The Balaban J connectivity index is 3.10. The van der Waals surface area contributed by atoms with Crippen LogP contribution in [-0.2, 0) is 0 Å². The van der Waals surface area contributed by atoms with E-state index in [-0.39, 0.29) is 22.1 Å². The number of phenols is 4. The zero-order valence-electron chi connectivity index (χ0n) is 8.01. The zero-order valence-corrected chi connectivity index (χ0v) is 8.01. The van der Waals surface area contributed by atoms with Gasteiger partial charge >= 0.3 is 0 Å². The summed E-state index contributed by atoms with van der Waals surface area (Å²) in [6.07, 6.45) is 0.344. The van der Waals surface area contributed by atoms with Crippen LogP contribution in [-0.4, -0.2) is 26.7 Å². The maximum atomic E-state index is 10.8. The Hall–Kier alpha value is -2.43. The second-order valence-corrected chi connectivity index (χ2v) is 3.28. The smallest absolute Gasteiger partial charge is 0.201 e. The van der Waals surface area contributed by atoms with E-state index in [1.54, 1.807) is 0 Å². The van der Waals surface area contributed by atoms with E-state index in [2.05, 4.69) is 0 Å². The van der Waals surface area contributed by atoms with E-state index in [1.807, 2.05) is 0 Å². The molecule has 0 radical (unpaired) electrons. The fourth-order valence-corrected chi connectivity index (χ4v) is 1.62. The molecule has 2 rings (SSSR count). The van der Waals surface area contributed by atoms with Crippen molar-refractivity contribution in [2.24, 2.45) is 0 Å². The number of aromatic hydroxyl groups is 4. The highest BCUT2D eigenvalue weighted by molar-refractivity contribution is 6.07. The van der Waals surface area contributed by atoms with Gasteiger partial charge in [-0.05, 0) is 6.07 Å². The summed E-state index contributed by atoms with van der Waals surface area (Å²) in [5.41, 5.74) is -0.179. The molecule has 16 heavy (non-hydrogen) atoms. The Labute approximate surface area is 89.8 Å². The first kappa shape index (κ1) is 10.1. The van der Waals surface area contributed by atoms with Crippen LogP contribution in [0.1, 0.15) is 10.4 Å². The normalized spacial score (nSPS) is 10.5. The summed E-state index contributed by atoms with van der Waals surface area (Å²) < 4.78 is 0. The van der Waals surface area contributed by atoms with Crippen molar-refractivity contribution < 1.29 is 25.2 Å². The monoisotopic (exact) mass is 220 g/mol. The molecular formula is C11H8O5. The van der Waals surface area contributed by atoms with E-state index in [0.717, 1.165) is 0 Å². The van der Waals surface area contributed by atoms with Crippen LogP contribution in [0.2, 0.25) is 0 Å². The summed E-state index contributed by atoms with van der Waals surface area (Å²) in [6.45, 7) is 0. The lowest BCUT2D eigenvalue weighted by Crippen LogP contribution is -1.87. The molecule has 0 spiro atoms. The SMILES string of the molecule is O=Cc1c(O)c(O)c(O)c2c(O)cccc12. The molecule has 5 heteroatoms. The van der Waals surface area contributed by atoms with Crippen molar-refractivity contribution in [1.82, 2.24) is 0 Å². The van der Waals surface area contributed by atoms with Gasteiger partial charge < -0.3 is 20.4 Å². The van der Waals surface area contributed by atoms with Crippen molar-refractivity contribution >= 4 is 17.1 Å². The molecule has 0 fully saturated rings.